The first-order valence-corrected chi connectivity index (χ1v) is 4.44. The standard InChI is InChI=1S/C7H11NOS/c1-2-3-10-7(4-8)5-9-6-7/h2-3,5-6H2,1H3. The van der Waals surface area contributed by atoms with Gasteiger partial charge < -0.3 is 4.74 Å². The first-order valence-electron chi connectivity index (χ1n) is 3.46. The van der Waals surface area contributed by atoms with E-state index in [9.17, 15) is 0 Å². The molecule has 0 aromatic heterocycles. The summed E-state index contributed by atoms with van der Waals surface area (Å²) in [6, 6.07) is 2.29. The summed E-state index contributed by atoms with van der Waals surface area (Å²) in [4.78, 5) is 0. The molecular weight excluding hydrogens is 146 g/mol. The fraction of sp³-hybridized carbons (Fsp3) is 0.857. The van der Waals surface area contributed by atoms with Crippen LogP contribution in [-0.2, 0) is 4.74 Å². The van der Waals surface area contributed by atoms with Gasteiger partial charge in [-0.05, 0) is 12.2 Å². The van der Waals surface area contributed by atoms with Crippen molar-refractivity contribution in [3.05, 3.63) is 0 Å². The molecule has 10 heavy (non-hydrogen) atoms. The second-order valence-electron chi connectivity index (χ2n) is 2.45. The molecule has 0 amide bonds. The largest absolute Gasteiger partial charge is 0.376 e. The monoisotopic (exact) mass is 157 g/mol. The van der Waals surface area contributed by atoms with Crippen LogP contribution < -0.4 is 0 Å². The molecule has 0 radical (unpaired) electrons. The number of hydrogen-bond donors (Lipinski definition) is 0. The van der Waals surface area contributed by atoms with Crippen LogP contribution in [0.1, 0.15) is 13.3 Å². The number of nitrogens with zero attached hydrogens (tertiary/aromatic N) is 1. The quantitative estimate of drug-likeness (QED) is 0.621. The minimum atomic E-state index is -0.185. The molecule has 0 spiro atoms. The molecule has 0 aromatic rings. The van der Waals surface area contributed by atoms with Gasteiger partial charge in [0, 0.05) is 0 Å². The molecule has 1 heterocycles. The predicted octanol–water partition coefficient (Wildman–Crippen LogP) is 1.42. The first-order chi connectivity index (χ1) is 4.83. The summed E-state index contributed by atoms with van der Waals surface area (Å²) >= 11 is 1.72. The normalized spacial score (nSPS) is 21.2. The third-order valence-electron chi connectivity index (χ3n) is 1.46. The second kappa shape index (κ2) is 3.27. The summed E-state index contributed by atoms with van der Waals surface area (Å²) in [6.07, 6.45) is 1.13. The number of ether oxygens (including phenoxy) is 1. The highest BCUT2D eigenvalue weighted by Gasteiger charge is 2.38. The maximum Gasteiger partial charge on any atom is 0.149 e. The van der Waals surface area contributed by atoms with E-state index in [0.717, 1.165) is 12.2 Å². The zero-order valence-corrected chi connectivity index (χ0v) is 6.91. The van der Waals surface area contributed by atoms with Crippen molar-refractivity contribution in [3.8, 4) is 6.07 Å². The van der Waals surface area contributed by atoms with Gasteiger partial charge in [-0.1, -0.05) is 6.92 Å². The molecule has 1 saturated heterocycles. The van der Waals surface area contributed by atoms with Crippen molar-refractivity contribution in [1.29, 1.82) is 5.26 Å². The maximum atomic E-state index is 8.71. The van der Waals surface area contributed by atoms with Gasteiger partial charge >= 0.3 is 0 Å². The number of thioether (sulfide) groups is 1. The van der Waals surface area contributed by atoms with Crippen LogP contribution in [0.15, 0.2) is 0 Å². The molecule has 0 atom stereocenters. The minimum Gasteiger partial charge on any atom is -0.376 e. The van der Waals surface area contributed by atoms with Gasteiger partial charge in [0.15, 0.2) is 0 Å². The summed E-state index contributed by atoms with van der Waals surface area (Å²) in [5.41, 5.74) is 0. The molecule has 0 aliphatic carbocycles. The van der Waals surface area contributed by atoms with E-state index in [0.29, 0.717) is 13.2 Å². The zero-order chi connectivity index (χ0) is 7.45. The molecule has 1 rings (SSSR count). The minimum absolute atomic E-state index is 0.185. The summed E-state index contributed by atoms with van der Waals surface area (Å²) in [6.45, 7) is 3.36. The van der Waals surface area contributed by atoms with Crippen LogP contribution >= 0.6 is 11.8 Å². The Kier molecular flexibility index (Phi) is 2.58. The van der Waals surface area contributed by atoms with Gasteiger partial charge in [-0.3, -0.25) is 0 Å². The summed E-state index contributed by atoms with van der Waals surface area (Å²) in [7, 11) is 0. The molecule has 0 aromatic carbocycles. The van der Waals surface area contributed by atoms with Crippen LogP contribution in [0.2, 0.25) is 0 Å². The lowest BCUT2D eigenvalue weighted by Crippen LogP contribution is -2.45. The van der Waals surface area contributed by atoms with E-state index in [1.54, 1.807) is 11.8 Å². The highest BCUT2D eigenvalue weighted by Crippen LogP contribution is 2.32. The van der Waals surface area contributed by atoms with E-state index in [1.807, 2.05) is 0 Å². The molecule has 1 aliphatic rings. The highest BCUT2D eigenvalue weighted by atomic mass is 32.2. The molecular formula is C7H11NOS. The van der Waals surface area contributed by atoms with Crippen molar-refractivity contribution in [2.75, 3.05) is 19.0 Å². The zero-order valence-electron chi connectivity index (χ0n) is 6.09. The van der Waals surface area contributed by atoms with Crippen molar-refractivity contribution in [3.63, 3.8) is 0 Å². The molecule has 1 fully saturated rings. The fourth-order valence-corrected chi connectivity index (χ4v) is 1.76. The van der Waals surface area contributed by atoms with Crippen molar-refractivity contribution in [2.24, 2.45) is 0 Å². The van der Waals surface area contributed by atoms with E-state index in [4.69, 9.17) is 10.00 Å². The lowest BCUT2D eigenvalue weighted by atomic mass is 10.1. The van der Waals surface area contributed by atoms with Crippen molar-refractivity contribution >= 4 is 11.8 Å². The molecule has 2 nitrogen and oxygen atoms in total. The van der Waals surface area contributed by atoms with E-state index < -0.39 is 0 Å². The SMILES string of the molecule is CCCSC1(C#N)COC1. The smallest absolute Gasteiger partial charge is 0.149 e. The summed E-state index contributed by atoms with van der Waals surface area (Å²) in [5.74, 6) is 1.07. The Morgan fingerprint density at radius 1 is 1.70 bits per heavy atom. The Bertz CT molecular complexity index is 148. The summed E-state index contributed by atoms with van der Waals surface area (Å²) < 4.78 is 4.80. The van der Waals surface area contributed by atoms with Crippen molar-refractivity contribution in [1.82, 2.24) is 0 Å². The first kappa shape index (κ1) is 7.90. The Morgan fingerprint density at radius 2 is 2.40 bits per heavy atom. The van der Waals surface area contributed by atoms with Crippen LogP contribution in [0.3, 0.4) is 0 Å². The lowest BCUT2D eigenvalue weighted by Gasteiger charge is -2.34. The molecule has 0 unspecified atom stereocenters. The number of hydrogen-bond acceptors (Lipinski definition) is 3. The Hall–Kier alpha value is -0.200. The van der Waals surface area contributed by atoms with Crippen molar-refractivity contribution in [2.45, 2.75) is 18.1 Å². The highest BCUT2D eigenvalue weighted by molar-refractivity contribution is 8.01. The van der Waals surface area contributed by atoms with Gasteiger partial charge in [0.1, 0.15) is 4.75 Å². The van der Waals surface area contributed by atoms with E-state index in [-0.39, 0.29) is 4.75 Å². The average Bonchev–Trinajstić information content (AvgIpc) is 1.87. The van der Waals surface area contributed by atoms with E-state index >= 15 is 0 Å². The molecule has 0 saturated carbocycles. The van der Waals surface area contributed by atoms with E-state index in [2.05, 4.69) is 13.0 Å². The summed E-state index contributed by atoms with van der Waals surface area (Å²) in [5, 5.41) is 8.71. The van der Waals surface area contributed by atoms with Gasteiger partial charge in [-0.2, -0.15) is 5.26 Å². The molecule has 0 bridgehead atoms. The number of rotatable bonds is 3. The third-order valence-corrected chi connectivity index (χ3v) is 2.95. The van der Waals surface area contributed by atoms with Crippen LogP contribution in [0.4, 0.5) is 0 Å². The predicted molar refractivity (Wildman–Crippen MR) is 41.9 cm³/mol. The maximum absolute atomic E-state index is 8.71. The van der Waals surface area contributed by atoms with Gasteiger partial charge in [0.25, 0.3) is 0 Å². The van der Waals surface area contributed by atoms with Gasteiger partial charge in [-0.15, -0.1) is 11.8 Å². The Balaban J connectivity index is 2.29. The van der Waals surface area contributed by atoms with Crippen LogP contribution in [0.25, 0.3) is 0 Å². The number of nitriles is 1. The van der Waals surface area contributed by atoms with Gasteiger partial charge in [0.2, 0.25) is 0 Å². The second-order valence-corrected chi connectivity index (χ2v) is 3.93. The Morgan fingerprint density at radius 3 is 2.70 bits per heavy atom. The van der Waals surface area contributed by atoms with Crippen LogP contribution in [0, 0.1) is 11.3 Å². The Labute approximate surface area is 65.6 Å². The molecule has 3 heteroatoms. The molecule has 56 valence electrons. The van der Waals surface area contributed by atoms with Crippen LogP contribution in [-0.4, -0.2) is 23.7 Å². The topological polar surface area (TPSA) is 33.0 Å². The molecule has 1 aliphatic heterocycles. The van der Waals surface area contributed by atoms with E-state index in [1.165, 1.54) is 0 Å². The fourth-order valence-electron chi connectivity index (χ4n) is 0.765. The molecule has 0 N–H and O–H groups in total. The van der Waals surface area contributed by atoms with Gasteiger partial charge in [0.05, 0.1) is 19.3 Å². The van der Waals surface area contributed by atoms with Crippen LogP contribution in [0.5, 0.6) is 0 Å². The average molecular weight is 157 g/mol. The third kappa shape index (κ3) is 1.44. The lowest BCUT2D eigenvalue weighted by molar-refractivity contribution is 0.0161. The van der Waals surface area contributed by atoms with Crippen molar-refractivity contribution < 1.29 is 4.74 Å². The van der Waals surface area contributed by atoms with Gasteiger partial charge in [-0.25, -0.2) is 0 Å².